The molecule has 2 aromatic carbocycles. The number of piperidine rings is 1. The van der Waals surface area contributed by atoms with E-state index in [0.717, 1.165) is 30.5 Å². The Labute approximate surface area is 187 Å². The summed E-state index contributed by atoms with van der Waals surface area (Å²) in [5.74, 6) is 2.51. The van der Waals surface area contributed by atoms with Crippen molar-refractivity contribution in [1.82, 2.24) is 15.0 Å². The number of likely N-dealkylation sites (tertiary alicyclic amines) is 1. The van der Waals surface area contributed by atoms with Crippen LogP contribution in [0.15, 0.2) is 40.9 Å². The third-order valence-corrected chi connectivity index (χ3v) is 5.80. The predicted octanol–water partition coefficient (Wildman–Crippen LogP) is 4.09. The first kappa shape index (κ1) is 21.7. The Hall–Kier alpha value is -3.55. The zero-order chi connectivity index (χ0) is 22.7. The van der Waals surface area contributed by atoms with Crippen molar-refractivity contribution in [2.24, 2.45) is 0 Å². The molecule has 1 aliphatic heterocycles. The molecule has 4 rings (SSSR count). The average molecular weight is 437 g/mol. The molecule has 0 aliphatic carbocycles. The van der Waals surface area contributed by atoms with Crippen molar-refractivity contribution < 1.29 is 23.5 Å². The number of hydrogen-bond donors (Lipinski definition) is 0. The maximum Gasteiger partial charge on any atom is 0.254 e. The summed E-state index contributed by atoms with van der Waals surface area (Å²) in [7, 11) is 4.68. The van der Waals surface area contributed by atoms with Gasteiger partial charge < -0.3 is 23.6 Å². The lowest BCUT2D eigenvalue weighted by molar-refractivity contribution is 0.0695. The van der Waals surface area contributed by atoms with Gasteiger partial charge in [-0.2, -0.15) is 4.98 Å². The van der Waals surface area contributed by atoms with Gasteiger partial charge in [-0.25, -0.2) is 0 Å². The SMILES string of the molecule is COc1cc(-c2noc(C3CCCN(C(=O)c4ccccc4C)C3)n2)cc(OC)c1OC. The molecule has 1 unspecified atom stereocenters. The molecule has 2 heterocycles. The number of aryl methyl sites for hydroxylation is 1. The molecule has 1 fully saturated rings. The topological polar surface area (TPSA) is 86.9 Å². The lowest BCUT2D eigenvalue weighted by atomic mass is 9.96. The lowest BCUT2D eigenvalue weighted by Crippen LogP contribution is -2.39. The monoisotopic (exact) mass is 437 g/mol. The smallest absolute Gasteiger partial charge is 0.254 e. The van der Waals surface area contributed by atoms with Crippen LogP contribution in [0.1, 0.15) is 40.6 Å². The summed E-state index contributed by atoms with van der Waals surface area (Å²) in [4.78, 5) is 19.5. The number of hydrogen-bond acceptors (Lipinski definition) is 7. The number of rotatable bonds is 6. The van der Waals surface area contributed by atoms with Crippen molar-refractivity contribution in [2.75, 3.05) is 34.4 Å². The van der Waals surface area contributed by atoms with E-state index in [-0.39, 0.29) is 11.8 Å². The zero-order valence-electron chi connectivity index (χ0n) is 18.8. The molecule has 8 heteroatoms. The Bertz CT molecular complexity index is 1090. The second-order valence-electron chi connectivity index (χ2n) is 7.78. The van der Waals surface area contributed by atoms with Gasteiger partial charge in [-0.15, -0.1) is 0 Å². The molecule has 0 radical (unpaired) electrons. The Balaban J connectivity index is 1.56. The summed E-state index contributed by atoms with van der Waals surface area (Å²) in [6.07, 6.45) is 1.76. The van der Waals surface area contributed by atoms with Crippen LogP contribution in [-0.2, 0) is 0 Å². The van der Waals surface area contributed by atoms with E-state index in [4.69, 9.17) is 18.7 Å². The maximum absolute atomic E-state index is 13.0. The molecule has 0 bridgehead atoms. The van der Waals surface area contributed by atoms with E-state index < -0.39 is 0 Å². The van der Waals surface area contributed by atoms with Crippen LogP contribution in [0.4, 0.5) is 0 Å². The molecular weight excluding hydrogens is 410 g/mol. The Morgan fingerprint density at radius 2 is 1.81 bits per heavy atom. The number of aromatic nitrogens is 2. The first-order valence-corrected chi connectivity index (χ1v) is 10.5. The van der Waals surface area contributed by atoms with Gasteiger partial charge in [0, 0.05) is 24.2 Å². The van der Waals surface area contributed by atoms with Crippen molar-refractivity contribution in [3.8, 4) is 28.6 Å². The molecule has 1 atom stereocenters. The van der Waals surface area contributed by atoms with Gasteiger partial charge in [0.2, 0.25) is 17.5 Å². The van der Waals surface area contributed by atoms with E-state index in [2.05, 4.69) is 10.1 Å². The van der Waals surface area contributed by atoms with Crippen molar-refractivity contribution in [3.05, 3.63) is 53.4 Å². The Morgan fingerprint density at radius 3 is 2.47 bits per heavy atom. The first-order chi connectivity index (χ1) is 15.5. The zero-order valence-corrected chi connectivity index (χ0v) is 18.8. The summed E-state index contributed by atoms with van der Waals surface area (Å²) in [5.41, 5.74) is 2.40. The van der Waals surface area contributed by atoms with Crippen LogP contribution in [0.25, 0.3) is 11.4 Å². The standard InChI is InChI=1S/C24H27N3O5/c1-15-8-5-6-10-18(15)24(28)27-11-7-9-16(14-27)23-25-22(26-32-23)17-12-19(29-2)21(31-4)20(13-17)30-3/h5-6,8,10,12-13,16H,7,9,11,14H2,1-4H3. The molecule has 32 heavy (non-hydrogen) atoms. The molecule has 8 nitrogen and oxygen atoms in total. The highest BCUT2D eigenvalue weighted by Gasteiger charge is 2.30. The second kappa shape index (κ2) is 9.30. The fourth-order valence-corrected chi connectivity index (χ4v) is 4.07. The highest BCUT2D eigenvalue weighted by atomic mass is 16.5. The van der Waals surface area contributed by atoms with Crippen molar-refractivity contribution >= 4 is 5.91 Å². The molecule has 3 aromatic rings. The van der Waals surface area contributed by atoms with E-state index in [9.17, 15) is 4.79 Å². The molecular formula is C24H27N3O5. The normalized spacial score (nSPS) is 16.0. The fourth-order valence-electron chi connectivity index (χ4n) is 4.07. The number of ether oxygens (including phenoxy) is 3. The number of methoxy groups -OCH3 is 3. The largest absolute Gasteiger partial charge is 0.493 e. The van der Waals surface area contributed by atoms with E-state index in [1.807, 2.05) is 36.1 Å². The van der Waals surface area contributed by atoms with Crippen LogP contribution in [0.5, 0.6) is 17.2 Å². The number of amides is 1. The summed E-state index contributed by atoms with van der Waals surface area (Å²) in [5, 5.41) is 4.17. The highest BCUT2D eigenvalue weighted by molar-refractivity contribution is 5.95. The van der Waals surface area contributed by atoms with E-state index >= 15 is 0 Å². The van der Waals surface area contributed by atoms with Crippen LogP contribution in [0, 0.1) is 6.92 Å². The minimum absolute atomic E-state index is 0.0139. The van der Waals surface area contributed by atoms with Crippen molar-refractivity contribution in [2.45, 2.75) is 25.7 Å². The minimum atomic E-state index is -0.0139. The number of carbonyl (C=O) groups excluding carboxylic acids is 1. The van der Waals surface area contributed by atoms with Crippen LogP contribution < -0.4 is 14.2 Å². The van der Waals surface area contributed by atoms with E-state index in [1.165, 1.54) is 0 Å². The van der Waals surface area contributed by atoms with E-state index in [0.29, 0.717) is 41.1 Å². The van der Waals surface area contributed by atoms with Gasteiger partial charge in [-0.3, -0.25) is 4.79 Å². The number of benzene rings is 2. The van der Waals surface area contributed by atoms with Gasteiger partial charge in [0.15, 0.2) is 11.5 Å². The predicted molar refractivity (Wildman–Crippen MR) is 118 cm³/mol. The molecule has 0 N–H and O–H groups in total. The lowest BCUT2D eigenvalue weighted by Gasteiger charge is -2.31. The molecule has 1 amide bonds. The van der Waals surface area contributed by atoms with Crippen LogP contribution in [0.3, 0.4) is 0 Å². The molecule has 1 aliphatic rings. The third kappa shape index (κ3) is 4.12. The highest BCUT2D eigenvalue weighted by Crippen LogP contribution is 2.41. The second-order valence-corrected chi connectivity index (χ2v) is 7.78. The quantitative estimate of drug-likeness (QED) is 0.574. The fraction of sp³-hybridized carbons (Fsp3) is 0.375. The summed E-state index contributed by atoms with van der Waals surface area (Å²) >= 11 is 0. The Kier molecular flexibility index (Phi) is 6.30. The molecule has 1 aromatic heterocycles. The first-order valence-electron chi connectivity index (χ1n) is 10.5. The van der Waals surface area contributed by atoms with Gasteiger partial charge >= 0.3 is 0 Å². The molecule has 1 saturated heterocycles. The maximum atomic E-state index is 13.0. The van der Waals surface area contributed by atoms with Crippen molar-refractivity contribution in [1.29, 1.82) is 0 Å². The average Bonchev–Trinajstić information content (AvgIpc) is 3.33. The summed E-state index contributed by atoms with van der Waals surface area (Å²) in [6, 6.07) is 11.2. The van der Waals surface area contributed by atoms with Crippen LogP contribution in [-0.4, -0.2) is 55.4 Å². The van der Waals surface area contributed by atoms with Gasteiger partial charge in [0.05, 0.1) is 27.2 Å². The van der Waals surface area contributed by atoms with Gasteiger partial charge in [0.25, 0.3) is 5.91 Å². The van der Waals surface area contributed by atoms with Gasteiger partial charge in [-0.05, 0) is 43.5 Å². The molecule has 168 valence electrons. The third-order valence-electron chi connectivity index (χ3n) is 5.80. The number of nitrogens with zero attached hydrogens (tertiary/aromatic N) is 3. The van der Waals surface area contributed by atoms with Crippen LogP contribution >= 0.6 is 0 Å². The van der Waals surface area contributed by atoms with Crippen LogP contribution in [0.2, 0.25) is 0 Å². The van der Waals surface area contributed by atoms with Crippen molar-refractivity contribution in [3.63, 3.8) is 0 Å². The van der Waals surface area contributed by atoms with Gasteiger partial charge in [-0.1, -0.05) is 23.4 Å². The van der Waals surface area contributed by atoms with Gasteiger partial charge in [0.1, 0.15) is 0 Å². The molecule has 0 saturated carbocycles. The summed E-state index contributed by atoms with van der Waals surface area (Å²) < 4.78 is 21.8. The van der Waals surface area contributed by atoms with E-state index in [1.54, 1.807) is 33.5 Å². The minimum Gasteiger partial charge on any atom is -0.493 e. The number of carbonyl (C=O) groups is 1. The Morgan fingerprint density at radius 1 is 1.09 bits per heavy atom. The summed E-state index contributed by atoms with van der Waals surface area (Å²) in [6.45, 7) is 3.22. The molecule has 0 spiro atoms.